The molecule has 0 spiro atoms. The molecule has 0 amide bonds. The second kappa shape index (κ2) is 3.98. The van der Waals surface area contributed by atoms with Gasteiger partial charge in [0.05, 0.1) is 11.1 Å². The number of aromatic nitrogens is 4. The average molecular weight is 267 g/mol. The van der Waals surface area contributed by atoms with Crippen molar-refractivity contribution < 1.29 is 0 Å². The monoisotopic (exact) mass is 266 g/mol. The number of alkyl halides is 1. The molecule has 1 aliphatic carbocycles. The number of aryl methyl sites for hydroxylation is 2. The van der Waals surface area contributed by atoms with Crippen LogP contribution >= 0.6 is 11.6 Å². The van der Waals surface area contributed by atoms with Gasteiger partial charge in [-0.25, -0.2) is 9.67 Å². The molecule has 3 unspecified atom stereocenters. The third-order valence-electron chi connectivity index (χ3n) is 3.83. The van der Waals surface area contributed by atoms with Crippen molar-refractivity contribution in [3.05, 3.63) is 11.5 Å². The van der Waals surface area contributed by atoms with Crippen molar-refractivity contribution in [2.45, 2.75) is 52.1 Å². The Hall–Kier alpha value is -1.03. The van der Waals surface area contributed by atoms with Crippen LogP contribution in [0.2, 0.25) is 0 Å². The zero-order chi connectivity index (χ0) is 13.0. The molecule has 18 heavy (non-hydrogen) atoms. The molecule has 3 rings (SSSR count). The summed E-state index contributed by atoms with van der Waals surface area (Å²) in [5, 5.41) is 4.49. The largest absolute Gasteiger partial charge is 0.308 e. The summed E-state index contributed by atoms with van der Waals surface area (Å²) in [5.74, 6) is 1.71. The van der Waals surface area contributed by atoms with Crippen molar-refractivity contribution >= 4 is 22.8 Å². The van der Waals surface area contributed by atoms with Gasteiger partial charge >= 0.3 is 0 Å². The predicted octanol–water partition coefficient (Wildman–Crippen LogP) is 3.44. The van der Waals surface area contributed by atoms with Crippen LogP contribution in [0.3, 0.4) is 0 Å². The number of rotatable bonds is 3. The zero-order valence-corrected chi connectivity index (χ0v) is 12.1. The fourth-order valence-electron chi connectivity index (χ4n) is 2.70. The van der Waals surface area contributed by atoms with E-state index in [-0.39, 0.29) is 5.38 Å². The Kier molecular flexibility index (Phi) is 2.66. The number of hydrogen-bond acceptors (Lipinski definition) is 2. The molecular formula is C13H19ClN4. The minimum atomic E-state index is -0.0603. The van der Waals surface area contributed by atoms with Crippen LogP contribution in [0.1, 0.15) is 50.1 Å². The Morgan fingerprint density at radius 3 is 2.67 bits per heavy atom. The van der Waals surface area contributed by atoms with E-state index in [0.29, 0.717) is 6.04 Å². The highest BCUT2D eigenvalue weighted by Crippen LogP contribution is 2.46. The van der Waals surface area contributed by atoms with E-state index in [1.54, 1.807) is 0 Å². The molecule has 2 aromatic rings. The molecule has 0 aromatic carbocycles. The normalized spacial score (nSPS) is 24.7. The quantitative estimate of drug-likeness (QED) is 0.798. The molecule has 3 atom stereocenters. The summed E-state index contributed by atoms with van der Waals surface area (Å²) < 4.78 is 4.37. The van der Waals surface area contributed by atoms with Gasteiger partial charge in [0, 0.05) is 12.6 Å². The van der Waals surface area contributed by atoms with Crippen LogP contribution in [0.4, 0.5) is 0 Å². The smallest absolute Gasteiger partial charge is 0.159 e. The second-order valence-corrected chi connectivity index (χ2v) is 5.96. The number of imidazole rings is 1. The molecule has 1 saturated carbocycles. The summed E-state index contributed by atoms with van der Waals surface area (Å²) in [6, 6.07) is 0.549. The van der Waals surface area contributed by atoms with Crippen molar-refractivity contribution in [3.63, 3.8) is 0 Å². The van der Waals surface area contributed by atoms with E-state index >= 15 is 0 Å². The molecular weight excluding hydrogens is 248 g/mol. The third kappa shape index (κ3) is 1.58. The molecule has 0 bridgehead atoms. The molecule has 5 heteroatoms. The Bertz CT molecular complexity index is 596. The summed E-state index contributed by atoms with van der Waals surface area (Å²) in [4.78, 5) is 4.72. The minimum Gasteiger partial charge on any atom is -0.308 e. The maximum atomic E-state index is 6.29. The van der Waals surface area contributed by atoms with Gasteiger partial charge in [0.1, 0.15) is 11.3 Å². The van der Waals surface area contributed by atoms with Crippen LogP contribution in [0.5, 0.6) is 0 Å². The topological polar surface area (TPSA) is 35.6 Å². The standard InChI is InChI=1S/C13H19ClN4/c1-5-17-13-11(9(4)16-17)15-12(8(3)14)18(13)10-6-7(10)2/h7-8,10H,5-6H2,1-4H3. The van der Waals surface area contributed by atoms with E-state index < -0.39 is 0 Å². The SMILES string of the molecule is CCn1nc(C)c2nc(C(C)Cl)n(C3CC3C)c21. The second-order valence-electron chi connectivity index (χ2n) is 5.31. The fraction of sp³-hybridized carbons (Fsp3) is 0.692. The van der Waals surface area contributed by atoms with E-state index in [9.17, 15) is 0 Å². The first-order valence-corrected chi connectivity index (χ1v) is 7.07. The number of fused-ring (bicyclic) bond motifs is 1. The van der Waals surface area contributed by atoms with Gasteiger partial charge in [0.15, 0.2) is 5.65 Å². The predicted molar refractivity (Wildman–Crippen MR) is 73.0 cm³/mol. The number of hydrogen-bond donors (Lipinski definition) is 0. The van der Waals surface area contributed by atoms with E-state index in [4.69, 9.17) is 16.6 Å². The lowest BCUT2D eigenvalue weighted by Crippen LogP contribution is -2.08. The lowest BCUT2D eigenvalue weighted by molar-refractivity contribution is 0.602. The van der Waals surface area contributed by atoms with Gasteiger partial charge in [-0.15, -0.1) is 11.6 Å². The van der Waals surface area contributed by atoms with Gasteiger partial charge in [-0.1, -0.05) is 6.92 Å². The van der Waals surface area contributed by atoms with Crippen LogP contribution in [0, 0.1) is 12.8 Å². The first-order valence-electron chi connectivity index (χ1n) is 6.63. The first kappa shape index (κ1) is 12.0. The Balaban J connectivity index is 2.29. The van der Waals surface area contributed by atoms with Crippen LogP contribution in [0.25, 0.3) is 11.2 Å². The van der Waals surface area contributed by atoms with Crippen molar-refractivity contribution in [3.8, 4) is 0 Å². The fourth-order valence-corrected chi connectivity index (χ4v) is 2.85. The minimum absolute atomic E-state index is 0.0603. The van der Waals surface area contributed by atoms with Crippen molar-refractivity contribution in [2.24, 2.45) is 5.92 Å². The van der Waals surface area contributed by atoms with Crippen LogP contribution in [-0.2, 0) is 6.54 Å². The molecule has 2 aromatic heterocycles. The summed E-state index contributed by atoms with van der Waals surface area (Å²) in [5.41, 5.74) is 3.16. The van der Waals surface area contributed by atoms with Crippen molar-refractivity contribution in [2.75, 3.05) is 0 Å². The van der Waals surface area contributed by atoms with Crippen molar-refractivity contribution in [1.29, 1.82) is 0 Å². The molecule has 0 saturated heterocycles. The number of halogens is 1. The summed E-state index contributed by atoms with van der Waals surface area (Å²) >= 11 is 6.29. The highest BCUT2D eigenvalue weighted by Gasteiger charge is 2.39. The highest BCUT2D eigenvalue weighted by molar-refractivity contribution is 6.20. The average Bonchev–Trinajstić information content (AvgIpc) is 2.79. The van der Waals surface area contributed by atoms with Gasteiger partial charge in [0.2, 0.25) is 0 Å². The van der Waals surface area contributed by atoms with Crippen LogP contribution < -0.4 is 0 Å². The van der Waals surface area contributed by atoms with E-state index in [0.717, 1.165) is 35.1 Å². The van der Waals surface area contributed by atoms with Crippen molar-refractivity contribution in [1.82, 2.24) is 19.3 Å². The van der Waals surface area contributed by atoms with Gasteiger partial charge in [-0.3, -0.25) is 0 Å². The number of nitrogens with zero attached hydrogens (tertiary/aromatic N) is 4. The maximum Gasteiger partial charge on any atom is 0.159 e. The lowest BCUT2D eigenvalue weighted by atomic mass is 10.4. The molecule has 98 valence electrons. The maximum absolute atomic E-state index is 6.29. The van der Waals surface area contributed by atoms with Gasteiger partial charge in [0.25, 0.3) is 0 Å². The molecule has 0 N–H and O–H groups in total. The third-order valence-corrected chi connectivity index (χ3v) is 4.02. The first-order chi connectivity index (χ1) is 8.54. The molecule has 0 aliphatic heterocycles. The zero-order valence-electron chi connectivity index (χ0n) is 11.3. The van der Waals surface area contributed by atoms with Crippen LogP contribution in [-0.4, -0.2) is 19.3 Å². The summed E-state index contributed by atoms with van der Waals surface area (Å²) in [7, 11) is 0. The molecule has 4 nitrogen and oxygen atoms in total. The van der Waals surface area contributed by atoms with E-state index in [1.807, 2.05) is 18.5 Å². The van der Waals surface area contributed by atoms with E-state index in [1.165, 1.54) is 6.42 Å². The van der Waals surface area contributed by atoms with Crippen LogP contribution in [0.15, 0.2) is 0 Å². The van der Waals surface area contributed by atoms with E-state index in [2.05, 4.69) is 23.5 Å². The lowest BCUT2D eigenvalue weighted by Gasteiger charge is -2.11. The Morgan fingerprint density at radius 1 is 1.50 bits per heavy atom. The summed E-state index contributed by atoms with van der Waals surface area (Å²) in [6.45, 7) is 9.27. The van der Waals surface area contributed by atoms with Gasteiger partial charge in [-0.2, -0.15) is 5.10 Å². The molecule has 1 aliphatic rings. The molecule has 0 radical (unpaired) electrons. The highest BCUT2D eigenvalue weighted by atomic mass is 35.5. The Labute approximate surface area is 112 Å². The Morgan fingerprint density at radius 2 is 2.17 bits per heavy atom. The van der Waals surface area contributed by atoms with Gasteiger partial charge in [-0.05, 0) is 33.1 Å². The molecule has 2 heterocycles. The van der Waals surface area contributed by atoms with Gasteiger partial charge < -0.3 is 4.57 Å². The molecule has 1 fully saturated rings. The summed E-state index contributed by atoms with van der Waals surface area (Å²) in [6.07, 6.45) is 1.22.